The zero-order valence-corrected chi connectivity index (χ0v) is 11.6. The second kappa shape index (κ2) is 4.48. The molecule has 20 heavy (non-hydrogen) atoms. The van der Waals surface area contributed by atoms with Gasteiger partial charge in [-0.3, -0.25) is 4.90 Å². The molecule has 0 aromatic heterocycles. The highest BCUT2D eigenvalue weighted by Crippen LogP contribution is 2.48. The number of cyclic esters (lactones) is 1. The fourth-order valence-electron chi connectivity index (χ4n) is 3.97. The molecular weight excluding hydrogens is 252 g/mol. The standard InChI is InChI=1S/C16H20N2O2/c19-15-17-8-13(20-15)10-18-9-12-4-1-2-5-14(12)16(11-18)6-3-7-16/h1-2,4-5,13H,3,6-11H2,(H,17,19). The highest BCUT2D eigenvalue weighted by molar-refractivity contribution is 5.69. The van der Waals surface area contributed by atoms with Gasteiger partial charge in [0.2, 0.25) is 0 Å². The largest absolute Gasteiger partial charge is 0.443 e. The van der Waals surface area contributed by atoms with Crippen molar-refractivity contribution in [2.45, 2.75) is 37.3 Å². The SMILES string of the molecule is O=C1NCC(CN2Cc3ccccc3C3(CCC3)C2)O1. The maximum atomic E-state index is 11.1. The number of hydrogen-bond acceptors (Lipinski definition) is 3. The number of carbonyl (C=O) groups is 1. The third kappa shape index (κ3) is 1.90. The minimum absolute atomic E-state index is 0.00453. The van der Waals surface area contributed by atoms with Crippen molar-refractivity contribution in [3.63, 3.8) is 0 Å². The van der Waals surface area contributed by atoms with Crippen LogP contribution in [0.25, 0.3) is 0 Å². The van der Waals surface area contributed by atoms with Gasteiger partial charge in [0.25, 0.3) is 0 Å². The predicted octanol–water partition coefficient (Wildman–Crippen LogP) is 2.03. The first-order valence-corrected chi connectivity index (χ1v) is 7.50. The molecule has 3 aliphatic rings. The summed E-state index contributed by atoms with van der Waals surface area (Å²) in [6.45, 7) is 3.57. The highest BCUT2D eigenvalue weighted by Gasteiger charge is 2.44. The van der Waals surface area contributed by atoms with E-state index in [1.165, 1.54) is 24.8 Å². The van der Waals surface area contributed by atoms with Gasteiger partial charge in [-0.2, -0.15) is 0 Å². The molecule has 1 aliphatic carbocycles. The summed E-state index contributed by atoms with van der Waals surface area (Å²) in [5.74, 6) is 0. The fourth-order valence-corrected chi connectivity index (χ4v) is 3.97. The molecule has 1 atom stereocenters. The van der Waals surface area contributed by atoms with Crippen LogP contribution in [-0.2, 0) is 16.7 Å². The molecule has 1 unspecified atom stereocenters. The maximum absolute atomic E-state index is 11.1. The molecule has 1 amide bonds. The van der Waals surface area contributed by atoms with Crippen molar-refractivity contribution in [3.8, 4) is 0 Å². The Morgan fingerprint density at radius 2 is 2.20 bits per heavy atom. The zero-order valence-electron chi connectivity index (χ0n) is 11.6. The molecule has 1 N–H and O–H groups in total. The first-order chi connectivity index (χ1) is 9.75. The summed E-state index contributed by atoms with van der Waals surface area (Å²) in [6, 6.07) is 8.85. The number of nitrogens with one attached hydrogen (secondary N) is 1. The lowest BCUT2D eigenvalue weighted by atomic mass is 9.61. The van der Waals surface area contributed by atoms with E-state index >= 15 is 0 Å². The normalized spacial score (nSPS) is 27.6. The summed E-state index contributed by atoms with van der Waals surface area (Å²) in [5, 5.41) is 2.74. The second-order valence-electron chi connectivity index (χ2n) is 6.37. The molecule has 1 spiro atoms. The molecule has 2 fully saturated rings. The van der Waals surface area contributed by atoms with E-state index < -0.39 is 0 Å². The summed E-state index contributed by atoms with van der Waals surface area (Å²) in [7, 11) is 0. The number of amides is 1. The smallest absolute Gasteiger partial charge is 0.407 e. The van der Waals surface area contributed by atoms with Crippen LogP contribution in [0.3, 0.4) is 0 Å². The van der Waals surface area contributed by atoms with Crippen LogP contribution >= 0.6 is 0 Å². The molecule has 1 aromatic carbocycles. The Morgan fingerprint density at radius 1 is 1.35 bits per heavy atom. The number of carbonyl (C=O) groups excluding carboxylic acids is 1. The number of rotatable bonds is 2. The highest BCUT2D eigenvalue weighted by atomic mass is 16.6. The van der Waals surface area contributed by atoms with Gasteiger partial charge in [-0.25, -0.2) is 4.79 Å². The van der Waals surface area contributed by atoms with E-state index in [1.807, 2.05) is 0 Å². The Balaban J connectivity index is 1.55. The summed E-state index contributed by atoms with van der Waals surface area (Å²) in [4.78, 5) is 13.6. The van der Waals surface area contributed by atoms with E-state index in [0.29, 0.717) is 12.0 Å². The Morgan fingerprint density at radius 3 is 2.90 bits per heavy atom. The number of benzene rings is 1. The lowest BCUT2D eigenvalue weighted by molar-refractivity contribution is 0.0661. The van der Waals surface area contributed by atoms with E-state index in [-0.39, 0.29) is 12.2 Å². The molecule has 1 aromatic rings. The first kappa shape index (κ1) is 12.2. The van der Waals surface area contributed by atoms with Crippen LogP contribution in [0.2, 0.25) is 0 Å². The van der Waals surface area contributed by atoms with E-state index in [0.717, 1.165) is 19.6 Å². The first-order valence-electron chi connectivity index (χ1n) is 7.50. The molecule has 4 heteroatoms. The van der Waals surface area contributed by atoms with Gasteiger partial charge >= 0.3 is 6.09 Å². The minimum Gasteiger partial charge on any atom is -0.443 e. The average molecular weight is 272 g/mol. The lowest BCUT2D eigenvalue weighted by Crippen LogP contribution is -2.51. The van der Waals surface area contributed by atoms with Crippen LogP contribution in [0.15, 0.2) is 24.3 Å². The molecule has 0 bridgehead atoms. The number of nitrogens with zero attached hydrogens (tertiary/aromatic N) is 1. The Labute approximate surface area is 119 Å². The van der Waals surface area contributed by atoms with Crippen molar-refractivity contribution in [2.75, 3.05) is 19.6 Å². The summed E-state index contributed by atoms with van der Waals surface area (Å²) < 4.78 is 5.28. The lowest BCUT2D eigenvalue weighted by Gasteiger charge is -2.50. The van der Waals surface area contributed by atoms with Crippen molar-refractivity contribution in [3.05, 3.63) is 35.4 Å². The van der Waals surface area contributed by atoms with Crippen molar-refractivity contribution in [1.29, 1.82) is 0 Å². The van der Waals surface area contributed by atoms with Gasteiger partial charge < -0.3 is 10.1 Å². The van der Waals surface area contributed by atoms with Gasteiger partial charge in [0.05, 0.1) is 6.54 Å². The van der Waals surface area contributed by atoms with Gasteiger partial charge in [-0.15, -0.1) is 0 Å². The molecule has 1 saturated heterocycles. The number of fused-ring (bicyclic) bond motifs is 2. The van der Waals surface area contributed by atoms with Crippen molar-refractivity contribution >= 4 is 6.09 Å². The number of hydrogen-bond donors (Lipinski definition) is 1. The van der Waals surface area contributed by atoms with Crippen LogP contribution in [0.5, 0.6) is 0 Å². The summed E-state index contributed by atoms with van der Waals surface area (Å²) in [6.07, 6.45) is 3.66. The van der Waals surface area contributed by atoms with Gasteiger partial charge in [0.15, 0.2) is 0 Å². The molecule has 106 valence electrons. The van der Waals surface area contributed by atoms with Gasteiger partial charge in [0.1, 0.15) is 6.10 Å². The number of alkyl carbamates (subject to hydrolysis) is 1. The predicted molar refractivity (Wildman–Crippen MR) is 75.5 cm³/mol. The number of ether oxygens (including phenoxy) is 1. The minimum atomic E-state index is -0.272. The average Bonchev–Trinajstić information content (AvgIpc) is 2.81. The van der Waals surface area contributed by atoms with Gasteiger partial charge in [0, 0.05) is 25.0 Å². The molecule has 0 radical (unpaired) electrons. The summed E-state index contributed by atoms with van der Waals surface area (Å²) in [5.41, 5.74) is 3.38. The van der Waals surface area contributed by atoms with E-state index in [4.69, 9.17) is 4.74 Å². The molecular formula is C16H20N2O2. The molecule has 1 saturated carbocycles. The fraction of sp³-hybridized carbons (Fsp3) is 0.562. The monoisotopic (exact) mass is 272 g/mol. The van der Waals surface area contributed by atoms with E-state index in [2.05, 4.69) is 34.5 Å². The molecule has 2 aliphatic heterocycles. The van der Waals surface area contributed by atoms with Crippen LogP contribution in [0, 0.1) is 0 Å². The molecule has 4 rings (SSSR count). The summed E-state index contributed by atoms with van der Waals surface area (Å²) >= 11 is 0. The van der Waals surface area contributed by atoms with E-state index in [1.54, 1.807) is 5.56 Å². The van der Waals surface area contributed by atoms with Gasteiger partial charge in [-0.1, -0.05) is 30.7 Å². The van der Waals surface area contributed by atoms with Crippen molar-refractivity contribution in [1.82, 2.24) is 10.2 Å². The Hall–Kier alpha value is -1.55. The topological polar surface area (TPSA) is 41.6 Å². The second-order valence-corrected chi connectivity index (χ2v) is 6.37. The van der Waals surface area contributed by atoms with Crippen LogP contribution in [0.1, 0.15) is 30.4 Å². The van der Waals surface area contributed by atoms with Crippen molar-refractivity contribution < 1.29 is 9.53 Å². The van der Waals surface area contributed by atoms with Gasteiger partial charge in [-0.05, 0) is 24.0 Å². The zero-order chi connectivity index (χ0) is 13.6. The van der Waals surface area contributed by atoms with Crippen molar-refractivity contribution in [2.24, 2.45) is 0 Å². The van der Waals surface area contributed by atoms with Crippen LogP contribution in [-0.4, -0.2) is 36.7 Å². The maximum Gasteiger partial charge on any atom is 0.407 e. The van der Waals surface area contributed by atoms with Crippen LogP contribution < -0.4 is 5.32 Å². The third-order valence-electron chi connectivity index (χ3n) is 5.03. The van der Waals surface area contributed by atoms with Crippen LogP contribution in [0.4, 0.5) is 4.79 Å². The molecule has 2 heterocycles. The van der Waals surface area contributed by atoms with E-state index in [9.17, 15) is 4.79 Å². The molecule has 4 nitrogen and oxygen atoms in total. The third-order valence-corrected chi connectivity index (χ3v) is 5.03. The quantitative estimate of drug-likeness (QED) is 0.895. The Bertz CT molecular complexity index is 539. The Kier molecular flexibility index (Phi) is 2.74.